The predicted molar refractivity (Wildman–Crippen MR) is 110 cm³/mol. The van der Waals surface area contributed by atoms with Crippen molar-refractivity contribution in [3.63, 3.8) is 0 Å². The van der Waals surface area contributed by atoms with E-state index in [1.54, 1.807) is 17.6 Å². The van der Waals surface area contributed by atoms with Crippen molar-refractivity contribution in [1.29, 1.82) is 0 Å². The zero-order chi connectivity index (χ0) is 18.7. The van der Waals surface area contributed by atoms with Crippen LogP contribution in [-0.4, -0.2) is 56.8 Å². The highest BCUT2D eigenvalue weighted by molar-refractivity contribution is 7.10. The molecule has 1 aliphatic rings. The summed E-state index contributed by atoms with van der Waals surface area (Å²) in [6, 6.07) is 8.48. The van der Waals surface area contributed by atoms with Crippen molar-refractivity contribution in [3.8, 4) is 0 Å². The molecule has 2 aromatic heterocycles. The number of furan rings is 1. The Balaban J connectivity index is 1.62. The van der Waals surface area contributed by atoms with E-state index >= 15 is 0 Å². The van der Waals surface area contributed by atoms with Crippen LogP contribution in [0.15, 0.2) is 58.0 Å². The van der Waals surface area contributed by atoms with E-state index in [0.717, 1.165) is 51.0 Å². The predicted octanol–water partition coefficient (Wildman–Crippen LogP) is 2.68. The van der Waals surface area contributed by atoms with E-state index in [9.17, 15) is 0 Å². The van der Waals surface area contributed by atoms with Crippen molar-refractivity contribution in [1.82, 2.24) is 15.5 Å². The third-order valence-corrected chi connectivity index (χ3v) is 5.41. The van der Waals surface area contributed by atoms with Gasteiger partial charge in [-0.1, -0.05) is 12.1 Å². The fourth-order valence-electron chi connectivity index (χ4n) is 3.04. The normalized spacial score (nSPS) is 16.8. The highest BCUT2D eigenvalue weighted by Crippen LogP contribution is 2.26. The zero-order valence-electron chi connectivity index (χ0n) is 15.6. The molecule has 0 saturated carbocycles. The summed E-state index contributed by atoms with van der Waals surface area (Å²) in [7, 11) is 0. The van der Waals surface area contributed by atoms with Crippen molar-refractivity contribution >= 4 is 17.3 Å². The number of thiophene rings is 1. The number of nitrogens with zero attached hydrogens (tertiary/aromatic N) is 2. The lowest BCUT2D eigenvalue weighted by atomic mass is 10.2. The van der Waals surface area contributed by atoms with Crippen LogP contribution >= 0.6 is 11.3 Å². The van der Waals surface area contributed by atoms with Gasteiger partial charge in [0.25, 0.3) is 0 Å². The number of guanidine groups is 1. The molecule has 2 aromatic rings. The number of hydrogen-bond donors (Lipinski definition) is 2. The maximum absolute atomic E-state index is 5.52. The van der Waals surface area contributed by atoms with Gasteiger partial charge >= 0.3 is 0 Å². The molecule has 1 atom stereocenters. The number of ether oxygens (including phenoxy) is 1. The van der Waals surface area contributed by atoms with Gasteiger partial charge in [0.2, 0.25) is 0 Å². The third-order valence-electron chi connectivity index (χ3n) is 4.44. The largest absolute Gasteiger partial charge is 0.469 e. The van der Waals surface area contributed by atoms with Gasteiger partial charge in [-0.3, -0.25) is 9.89 Å². The van der Waals surface area contributed by atoms with E-state index in [-0.39, 0.29) is 6.04 Å². The molecule has 1 fully saturated rings. The Labute approximate surface area is 164 Å². The van der Waals surface area contributed by atoms with Gasteiger partial charge in [0.1, 0.15) is 5.76 Å². The molecule has 0 radical (unpaired) electrons. The first-order valence-electron chi connectivity index (χ1n) is 9.37. The van der Waals surface area contributed by atoms with Gasteiger partial charge in [0.05, 0.1) is 32.1 Å². The first-order chi connectivity index (χ1) is 13.4. The monoisotopic (exact) mass is 388 g/mol. The molecule has 1 saturated heterocycles. The van der Waals surface area contributed by atoms with Crippen molar-refractivity contribution in [3.05, 3.63) is 59.2 Å². The average molecular weight is 389 g/mol. The summed E-state index contributed by atoms with van der Waals surface area (Å²) in [5.74, 6) is 1.77. The Morgan fingerprint density at radius 2 is 2.19 bits per heavy atom. The molecule has 3 heterocycles. The van der Waals surface area contributed by atoms with Gasteiger partial charge < -0.3 is 19.8 Å². The van der Waals surface area contributed by atoms with Crippen molar-refractivity contribution in [2.75, 3.05) is 45.9 Å². The minimum atomic E-state index is 0.279. The molecule has 0 bridgehead atoms. The number of nitrogens with one attached hydrogen (secondary N) is 2. The van der Waals surface area contributed by atoms with E-state index in [1.165, 1.54) is 4.88 Å². The molecule has 6 nitrogen and oxygen atoms in total. The molecule has 146 valence electrons. The van der Waals surface area contributed by atoms with Crippen LogP contribution < -0.4 is 10.6 Å². The van der Waals surface area contributed by atoms with Crippen molar-refractivity contribution in [2.45, 2.75) is 12.5 Å². The minimum Gasteiger partial charge on any atom is -0.469 e. The molecule has 1 aliphatic heterocycles. The Bertz CT molecular complexity index is 679. The fraction of sp³-hybridized carbons (Fsp3) is 0.450. The average Bonchev–Trinajstić information content (AvgIpc) is 3.41. The lowest BCUT2D eigenvalue weighted by Crippen LogP contribution is -2.42. The second kappa shape index (κ2) is 10.9. The van der Waals surface area contributed by atoms with E-state index in [2.05, 4.69) is 39.6 Å². The second-order valence-corrected chi connectivity index (χ2v) is 7.27. The lowest BCUT2D eigenvalue weighted by molar-refractivity contribution is 0.0186. The summed E-state index contributed by atoms with van der Waals surface area (Å²) >= 11 is 1.79. The summed E-state index contributed by atoms with van der Waals surface area (Å²) < 4.78 is 10.9. The van der Waals surface area contributed by atoms with Crippen LogP contribution in [0.2, 0.25) is 0 Å². The van der Waals surface area contributed by atoms with Crippen LogP contribution in [0.3, 0.4) is 0 Å². The van der Waals surface area contributed by atoms with Gasteiger partial charge in [-0.05, 0) is 23.6 Å². The van der Waals surface area contributed by atoms with Crippen molar-refractivity contribution < 1.29 is 9.15 Å². The topological polar surface area (TPSA) is 62.0 Å². The van der Waals surface area contributed by atoms with Crippen LogP contribution in [-0.2, 0) is 11.2 Å². The number of hydrogen-bond acceptors (Lipinski definition) is 5. The van der Waals surface area contributed by atoms with Crippen LogP contribution in [0.4, 0.5) is 0 Å². The maximum atomic E-state index is 5.52. The zero-order valence-corrected chi connectivity index (χ0v) is 16.4. The molecule has 27 heavy (non-hydrogen) atoms. The Morgan fingerprint density at radius 3 is 2.89 bits per heavy atom. The van der Waals surface area contributed by atoms with Crippen LogP contribution in [0.1, 0.15) is 16.7 Å². The molecule has 1 unspecified atom stereocenters. The molecule has 0 spiro atoms. The van der Waals surface area contributed by atoms with E-state index in [0.29, 0.717) is 13.1 Å². The SMILES string of the molecule is C=CCNC(=NCC(c1cccs1)N1CCOCC1)NCCc1ccco1. The molecular formula is C20H28N4O2S. The standard InChI is InChI=1S/C20H28N4O2S/c1-2-8-21-20(22-9-7-17-5-3-12-26-17)23-16-18(19-6-4-15-27-19)24-10-13-25-14-11-24/h2-6,12,15,18H,1,7-11,13-14,16H2,(H2,21,22,23). The summed E-state index contributed by atoms with van der Waals surface area (Å²) in [5.41, 5.74) is 0. The van der Waals surface area contributed by atoms with Crippen LogP contribution in [0, 0.1) is 0 Å². The van der Waals surface area contributed by atoms with Gasteiger partial charge in [-0.25, -0.2) is 0 Å². The van der Waals surface area contributed by atoms with Gasteiger partial charge in [0, 0.05) is 37.5 Å². The Hall–Kier alpha value is -2.09. The first-order valence-corrected chi connectivity index (χ1v) is 10.3. The number of morpholine rings is 1. The van der Waals surface area contributed by atoms with Gasteiger partial charge in [-0.2, -0.15) is 0 Å². The smallest absolute Gasteiger partial charge is 0.191 e. The third kappa shape index (κ3) is 6.23. The second-order valence-electron chi connectivity index (χ2n) is 6.29. The summed E-state index contributed by atoms with van der Waals surface area (Å²) in [5, 5.41) is 8.82. The Morgan fingerprint density at radius 1 is 1.30 bits per heavy atom. The summed E-state index contributed by atoms with van der Waals surface area (Å²) in [4.78, 5) is 8.66. The summed E-state index contributed by atoms with van der Waals surface area (Å²) in [6.45, 7) is 9.38. The molecule has 0 amide bonds. The van der Waals surface area contributed by atoms with E-state index < -0.39 is 0 Å². The minimum absolute atomic E-state index is 0.279. The highest BCUT2D eigenvalue weighted by atomic mass is 32.1. The van der Waals surface area contributed by atoms with E-state index in [1.807, 2.05) is 18.2 Å². The molecule has 3 rings (SSSR count). The number of rotatable bonds is 9. The molecule has 0 aliphatic carbocycles. The fourth-order valence-corrected chi connectivity index (χ4v) is 3.89. The van der Waals surface area contributed by atoms with Gasteiger partial charge in [0.15, 0.2) is 5.96 Å². The quantitative estimate of drug-likeness (QED) is 0.393. The van der Waals surface area contributed by atoms with Crippen molar-refractivity contribution in [2.24, 2.45) is 4.99 Å². The van der Waals surface area contributed by atoms with Crippen LogP contribution in [0.25, 0.3) is 0 Å². The Kier molecular flexibility index (Phi) is 7.95. The maximum Gasteiger partial charge on any atom is 0.191 e. The molecule has 0 aromatic carbocycles. The molecule has 2 N–H and O–H groups in total. The highest BCUT2D eigenvalue weighted by Gasteiger charge is 2.23. The molecule has 7 heteroatoms. The molecular weight excluding hydrogens is 360 g/mol. The van der Waals surface area contributed by atoms with Gasteiger partial charge in [-0.15, -0.1) is 17.9 Å². The van der Waals surface area contributed by atoms with E-state index in [4.69, 9.17) is 14.1 Å². The first kappa shape index (κ1) is 19.7. The lowest BCUT2D eigenvalue weighted by Gasteiger charge is -2.33. The summed E-state index contributed by atoms with van der Waals surface area (Å²) in [6.07, 6.45) is 4.36. The van der Waals surface area contributed by atoms with Crippen LogP contribution in [0.5, 0.6) is 0 Å². The number of aliphatic imine (C=N–C) groups is 1.